The number of nitrogen functional groups attached to an aromatic ring is 1. The minimum atomic E-state index is -3.61. The highest BCUT2D eigenvalue weighted by Gasteiger charge is 2.26. The van der Waals surface area contributed by atoms with Crippen LogP contribution in [0.3, 0.4) is 0 Å². The number of anilines is 1. The Morgan fingerprint density at radius 2 is 2.14 bits per heavy atom. The predicted molar refractivity (Wildman–Crippen MR) is 84.0 cm³/mol. The van der Waals surface area contributed by atoms with Crippen molar-refractivity contribution in [2.45, 2.75) is 37.2 Å². The summed E-state index contributed by atoms with van der Waals surface area (Å²) in [7, 11) is -2.06. The Morgan fingerprint density at radius 3 is 2.71 bits per heavy atom. The number of ether oxygens (including phenoxy) is 1. The molecule has 1 aromatic rings. The summed E-state index contributed by atoms with van der Waals surface area (Å²) in [6, 6.07) is 2.90. The second-order valence-corrected chi connectivity index (χ2v) is 7.85. The number of halogens is 1. The Morgan fingerprint density at radius 1 is 1.43 bits per heavy atom. The first-order valence-electron chi connectivity index (χ1n) is 6.96. The van der Waals surface area contributed by atoms with E-state index in [2.05, 4.69) is 0 Å². The normalized spacial score (nSPS) is 19.9. The number of hydrogen-bond acceptors (Lipinski definition) is 4. The molecule has 0 bridgehead atoms. The van der Waals surface area contributed by atoms with Gasteiger partial charge in [-0.3, -0.25) is 0 Å². The van der Waals surface area contributed by atoms with E-state index in [4.69, 9.17) is 22.1 Å². The van der Waals surface area contributed by atoms with Crippen LogP contribution < -0.4 is 5.73 Å². The molecule has 1 aliphatic heterocycles. The fraction of sp³-hybridized carbons (Fsp3) is 0.571. The van der Waals surface area contributed by atoms with Gasteiger partial charge in [-0.1, -0.05) is 11.6 Å². The summed E-state index contributed by atoms with van der Waals surface area (Å²) in [5.41, 5.74) is 6.88. The molecule has 0 aliphatic carbocycles. The van der Waals surface area contributed by atoms with Gasteiger partial charge in [0.2, 0.25) is 10.0 Å². The molecule has 1 fully saturated rings. The first kappa shape index (κ1) is 16.5. The van der Waals surface area contributed by atoms with Crippen LogP contribution >= 0.6 is 11.6 Å². The van der Waals surface area contributed by atoms with Crippen molar-refractivity contribution in [3.63, 3.8) is 0 Å². The lowest BCUT2D eigenvalue weighted by Crippen LogP contribution is -2.37. The molecule has 1 heterocycles. The highest BCUT2D eigenvalue weighted by atomic mass is 35.5. The maximum absolute atomic E-state index is 12.6. The van der Waals surface area contributed by atoms with Crippen molar-refractivity contribution in [2.75, 3.05) is 25.9 Å². The number of nitrogens with two attached hydrogens (primary N) is 1. The number of likely N-dealkylation sites (N-methyl/N-ethyl adjacent to an activating group) is 1. The molecule has 118 valence electrons. The van der Waals surface area contributed by atoms with Gasteiger partial charge in [0.05, 0.1) is 11.0 Å². The van der Waals surface area contributed by atoms with Crippen LogP contribution in [0.15, 0.2) is 17.0 Å². The third-order valence-corrected chi connectivity index (χ3v) is 5.99. The largest absolute Gasteiger partial charge is 0.398 e. The summed E-state index contributed by atoms with van der Waals surface area (Å²) in [5.74, 6) is 0. The van der Waals surface area contributed by atoms with Gasteiger partial charge in [0.15, 0.2) is 0 Å². The molecule has 1 atom stereocenters. The van der Waals surface area contributed by atoms with Gasteiger partial charge in [-0.25, -0.2) is 8.42 Å². The number of hydrogen-bond donors (Lipinski definition) is 1. The quantitative estimate of drug-likeness (QED) is 0.859. The number of sulfonamides is 1. The summed E-state index contributed by atoms with van der Waals surface area (Å²) < 4.78 is 32.1. The van der Waals surface area contributed by atoms with E-state index in [1.807, 2.05) is 0 Å². The number of rotatable bonds is 4. The van der Waals surface area contributed by atoms with E-state index < -0.39 is 10.0 Å². The van der Waals surface area contributed by atoms with Gasteiger partial charge in [-0.05, 0) is 43.9 Å². The van der Waals surface area contributed by atoms with Crippen LogP contribution in [0.5, 0.6) is 0 Å². The van der Waals surface area contributed by atoms with Crippen LogP contribution in [0.4, 0.5) is 5.69 Å². The summed E-state index contributed by atoms with van der Waals surface area (Å²) in [5, 5.41) is 0.357. The van der Waals surface area contributed by atoms with Crippen LogP contribution in [-0.2, 0) is 14.8 Å². The van der Waals surface area contributed by atoms with E-state index in [9.17, 15) is 8.42 Å². The SMILES string of the molecule is Cc1c(N)cc(S(=O)(=O)N(C)CC2CCCCO2)cc1Cl. The topological polar surface area (TPSA) is 72.6 Å². The van der Waals surface area contributed by atoms with Crippen molar-refractivity contribution in [1.29, 1.82) is 0 Å². The highest BCUT2D eigenvalue weighted by molar-refractivity contribution is 7.89. The Labute approximate surface area is 131 Å². The van der Waals surface area contributed by atoms with Crippen molar-refractivity contribution in [1.82, 2.24) is 4.31 Å². The van der Waals surface area contributed by atoms with E-state index in [-0.39, 0.29) is 11.0 Å². The molecule has 1 aromatic carbocycles. The predicted octanol–water partition coefficient (Wildman–Crippen LogP) is 2.42. The van der Waals surface area contributed by atoms with Gasteiger partial charge in [0.1, 0.15) is 0 Å². The molecule has 7 heteroatoms. The second-order valence-electron chi connectivity index (χ2n) is 5.39. The fourth-order valence-electron chi connectivity index (χ4n) is 2.34. The molecule has 0 saturated carbocycles. The lowest BCUT2D eigenvalue weighted by molar-refractivity contribution is 0.00859. The molecule has 1 aliphatic rings. The van der Waals surface area contributed by atoms with Gasteiger partial charge in [-0.2, -0.15) is 4.31 Å². The molecule has 2 rings (SSSR count). The maximum atomic E-state index is 12.6. The van der Waals surface area contributed by atoms with E-state index in [0.717, 1.165) is 19.3 Å². The Bertz CT molecular complexity index is 590. The van der Waals surface area contributed by atoms with Crippen LogP contribution in [0.1, 0.15) is 24.8 Å². The smallest absolute Gasteiger partial charge is 0.243 e. The van der Waals surface area contributed by atoms with E-state index in [1.54, 1.807) is 14.0 Å². The van der Waals surface area contributed by atoms with Gasteiger partial charge in [-0.15, -0.1) is 0 Å². The van der Waals surface area contributed by atoms with Crippen molar-refractivity contribution in [2.24, 2.45) is 0 Å². The molecule has 0 radical (unpaired) electrons. The van der Waals surface area contributed by atoms with Gasteiger partial charge < -0.3 is 10.5 Å². The van der Waals surface area contributed by atoms with E-state index in [0.29, 0.717) is 29.4 Å². The molecule has 21 heavy (non-hydrogen) atoms. The zero-order valence-corrected chi connectivity index (χ0v) is 13.9. The molecule has 5 nitrogen and oxygen atoms in total. The van der Waals surface area contributed by atoms with E-state index in [1.165, 1.54) is 16.4 Å². The summed E-state index contributed by atoms with van der Waals surface area (Å²) in [6.45, 7) is 2.79. The standard InChI is InChI=1S/C14H21ClN2O3S/c1-10-13(15)7-12(8-14(10)16)21(18,19)17(2)9-11-5-3-4-6-20-11/h7-8,11H,3-6,9,16H2,1-2H3. The first-order valence-corrected chi connectivity index (χ1v) is 8.77. The molecular formula is C14H21ClN2O3S. The van der Waals surface area contributed by atoms with Crippen LogP contribution in [-0.4, -0.2) is 39.0 Å². The van der Waals surface area contributed by atoms with Crippen LogP contribution in [0.2, 0.25) is 5.02 Å². The molecule has 1 unspecified atom stereocenters. The second kappa shape index (κ2) is 6.52. The average molecular weight is 333 g/mol. The van der Waals surface area contributed by atoms with E-state index >= 15 is 0 Å². The Kier molecular flexibility index (Phi) is 5.14. The number of nitrogens with zero attached hydrogens (tertiary/aromatic N) is 1. The zero-order chi connectivity index (χ0) is 15.6. The third-order valence-electron chi connectivity index (χ3n) is 3.80. The molecule has 0 amide bonds. The minimum Gasteiger partial charge on any atom is -0.398 e. The summed E-state index contributed by atoms with van der Waals surface area (Å²) in [4.78, 5) is 0.119. The van der Waals surface area contributed by atoms with Crippen LogP contribution in [0, 0.1) is 6.92 Å². The summed E-state index contributed by atoms with van der Waals surface area (Å²) >= 11 is 6.03. The Hall–Kier alpha value is -0.820. The van der Waals surface area contributed by atoms with Crippen molar-refractivity contribution < 1.29 is 13.2 Å². The van der Waals surface area contributed by atoms with Crippen molar-refractivity contribution >= 4 is 27.3 Å². The van der Waals surface area contributed by atoms with Gasteiger partial charge in [0, 0.05) is 30.9 Å². The average Bonchev–Trinajstić information content (AvgIpc) is 2.45. The maximum Gasteiger partial charge on any atom is 0.243 e. The molecule has 0 aromatic heterocycles. The lowest BCUT2D eigenvalue weighted by atomic mass is 10.1. The Balaban J connectivity index is 2.20. The zero-order valence-electron chi connectivity index (χ0n) is 12.3. The van der Waals surface area contributed by atoms with Crippen molar-refractivity contribution in [3.8, 4) is 0 Å². The minimum absolute atomic E-state index is 0.0446. The highest BCUT2D eigenvalue weighted by Crippen LogP contribution is 2.27. The lowest BCUT2D eigenvalue weighted by Gasteiger charge is -2.27. The number of benzene rings is 1. The van der Waals surface area contributed by atoms with Crippen LogP contribution in [0.25, 0.3) is 0 Å². The monoisotopic (exact) mass is 332 g/mol. The fourth-order valence-corrected chi connectivity index (χ4v) is 3.90. The summed E-state index contributed by atoms with van der Waals surface area (Å²) in [6.07, 6.45) is 2.95. The molecule has 1 saturated heterocycles. The molecule has 2 N–H and O–H groups in total. The van der Waals surface area contributed by atoms with Crippen molar-refractivity contribution in [3.05, 3.63) is 22.7 Å². The van der Waals surface area contributed by atoms with Gasteiger partial charge in [0.25, 0.3) is 0 Å². The third kappa shape index (κ3) is 3.69. The first-order chi connectivity index (χ1) is 9.82. The molecule has 0 spiro atoms. The molecular weight excluding hydrogens is 312 g/mol. The van der Waals surface area contributed by atoms with Gasteiger partial charge >= 0.3 is 0 Å².